The number of benzene rings is 1. The van der Waals surface area contributed by atoms with Gasteiger partial charge in [-0.1, -0.05) is 13.0 Å². The van der Waals surface area contributed by atoms with E-state index in [4.69, 9.17) is 0 Å². The number of rotatable bonds is 6. The summed E-state index contributed by atoms with van der Waals surface area (Å²) in [7, 11) is 0. The second kappa shape index (κ2) is 7.12. The summed E-state index contributed by atoms with van der Waals surface area (Å²) < 4.78 is 13.8. The van der Waals surface area contributed by atoms with Gasteiger partial charge in [-0.2, -0.15) is 0 Å². The van der Waals surface area contributed by atoms with E-state index in [9.17, 15) is 4.39 Å². The van der Waals surface area contributed by atoms with E-state index in [1.54, 1.807) is 11.3 Å². The average molecular weight is 343 g/mol. The number of halogens is 2. The summed E-state index contributed by atoms with van der Waals surface area (Å²) in [4.78, 5) is 5.35. The van der Waals surface area contributed by atoms with Crippen LogP contribution in [0.1, 0.15) is 29.8 Å². The Hall–Kier alpha value is -0.780. The van der Waals surface area contributed by atoms with Crippen LogP contribution in [-0.4, -0.2) is 11.5 Å². The molecule has 0 amide bonds. The predicted molar refractivity (Wildman–Crippen MR) is 81.0 cm³/mol. The summed E-state index contributed by atoms with van der Waals surface area (Å²) in [5, 5.41) is 3.52. The maximum atomic E-state index is 13.2. The van der Waals surface area contributed by atoms with E-state index < -0.39 is 0 Å². The molecule has 2 rings (SSSR count). The molecule has 1 atom stereocenters. The Bertz CT molecular complexity index is 516. The van der Waals surface area contributed by atoms with E-state index in [0.29, 0.717) is 4.47 Å². The highest BCUT2D eigenvalue weighted by Gasteiger charge is 2.13. The van der Waals surface area contributed by atoms with Gasteiger partial charge >= 0.3 is 0 Å². The van der Waals surface area contributed by atoms with Gasteiger partial charge in [0.05, 0.1) is 9.98 Å². The van der Waals surface area contributed by atoms with Crippen molar-refractivity contribution in [2.24, 2.45) is 0 Å². The van der Waals surface area contributed by atoms with E-state index in [-0.39, 0.29) is 11.9 Å². The zero-order valence-electron chi connectivity index (χ0n) is 10.7. The Balaban J connectivity index is 2.13. The molecule has 1 aromatic heterocycles. The number of nitrogens with zero attached hydrogens (tertiary/aromatic N) is 1. The SMILES string of the molecule is CCCNC(Cc1ccc(F)c(Br)c1)c1cncs1. The van der Waals surface area contributed by atoms with Gasteiger partial charge in [0, 0.05) is 17.1 Å². The number of thiazole rings is 1. The van der Waals surface area contributed by atoms with Crippen molar-refractivity contribution in [2.75, 3.05) is 6.54 Å². The van der Waals surface area contributed by atoms with Crippen LogP contribution < -0.4 is 5.32 Å². The molecule has 1 heterocycles. The molecule has 1 unspecified atom stereocenters. The molecule has 19 heavy (non-hydrogen) atoms. The van der Waals surface area contributed by atoms with Gasteiger partial charge in [-0.15, -0.1) is 11.3 Å². The van der Waals surface area contributed by atoms with Crippen LogP contribution >= 0.6 is 27.3 Å². The van der Waals surface area contributed by atoms with Crippen molar-refractivity contribution in [3.8, 4) is 0 Å². The molecule has 0 aliphatic rings. The molecule has 102 valence electrons. The minimum Gasteiger partial charge on any atom is -0.309 e. The minimum absolute atomic E-state index is 0.223. The third-order valence-corrected chi connectivity index (χ3v) is 4.36. The van der Waals surface area contributed by atoms with Gasteiger partial charge in [-0.25, -0.2) is 4.39 Å². The molecule has 0 aliphatic heterocycles. The van der Waals surface area contributed by atoms with Crippen molar-refractivity contribution in [2.45, 2.75) is 25.8 Å². The Morgan fingerprint density at radius 3 is 2.95 bits per heavy atom. The van der Waals surface area contributed by atoms with Crippen LogP contribution in [0.5, 0.6) is 0 Å². The number of hydrogen-bond donors (Lipinski definition) is 1. The lowest BCUT2D eigenvalue weighted by atomic mass is 10.0. The molecule has 0 bridgehead atoms. The Kier molecular flexibility index (Phi) is 5.48. The zero-order valence-corrected chi connectivity index (χ0v) is 13.1. The van der Waals surface area contributed by atoms with Crippen LogP contribution in [0.2, 0.25) is 0 Å². The highest BCUT2D eigenvalue weighted by molar-refractivity contribution is 9.10. The van der Waals surface area contributed by atoms with Crippen molar-refractivity contribution in [3.05, 3.63) is 50.6 Å². The zero-order chi connectivity index (χ0) is 13.7. The van der Waals surface area contributed by atoms with E-state index in [1.807, 2.05) is 23.8 Å². The van der Waals surface area contributed by atoms with Crippen molar-refractivity contribution < 1.29 is 4.39 Å². The summed E-state index contributed by atoms with van der Waals surface area (Å²) in [5.74, 6) is -0.223. The third-order valence-electron chi connectivity index (χ3n) is 2.86. The van der Waals surface area contributed by atoms with Crippen molar-refractivity contribution in [1.82, 2.24) is 10.3 Å². The second-order valence-electron chi connectivity index (χ2n) is 4.36. The number of hydrogen-bond acceptors (Lipinski definition) is 3. The van der Waals surface area contributed by atoms with E-state index >= 15 is 0 Å². The van der Waals surface area contributed by atoms with Crippen molar-refractivity contribution in [1.29, 1.82) is 0 Å². The lowest BCUT2D eigenvalue weighted by Gasteiger charge is -2.17. The molecule has 0 spiro atoms. The van der Waals surface area contributed by atoms with Crippen LogP contribution in [-0.2, 0) is 6.42 Å². The van der Waals surface area contributed by atoms with Crippen LogP contribution in [0, 0.1) is 5.82 Å². The fourth-order valence-corrected chi connectivity index (χ4v) is 3.01. The summed E-state index contributed by atoms with van der Waals surface area (Å²) in [5.41, 5.74) is 2.95. The monoisotopic (exact) mass is 342 g/mol. The first kappa shape index (κ1) is 14.6. The van der Waals surface area contributed by atoms with Crippen LogP contribution in [0.4, 0.5) is 4.39 Å². The smallest absolute Gasteiger partial charge is 0.137 e. The predicted octanol–water partition coefficient (Wildman–Crippen LogP) is 4.33. The van der Waals surface area contributed by atoms with Crippen LogP contribution in [0.3, 0.4) is 0 Å². The molecule has 1 N–H and O–H groups in total. The molecular formula is C14H16BrFN2S. The Morgan fingerprint density at radius 2 is 2.32 bits per heavy atom. The first-order valence-corrected chi connectivity index (χ1v) is 7.93. The van der Waals surface area contributed by atoms with Gasteiger partial charge in [0.2, 0.25) is 0 Å². The first-order chi connectivity index (χ1) is 9.20. The normalized spacial score (nSPS) is 12.6. The van der Waals surface area contributed by atoms with Crippen molar-refractivity contribution >= 4 is 27.3 Å². The van der Waals surface area contributed by atoms with Crippen LogP contribution in [0.25, 0.3) is 0 Å². The number of aromatic nitrogens is 1. The quantitative estimate of drug-likeness (QED) is 0.845. The van der Waals surface area contributed by atoms with Gasteiger partial charge < -0.3 is 5.32 Å². The molecule has 0 radical (unpaired) electrons. The van der Waals surface area contributed by atoms with E-state index in [2.05, 4.69) is 33.2 Å². The molecular weight excluding hydrogens is 327 g/mol. The van der Waals surface area contributed by atoms with Gasteiger partial charge in [0.15, 0.2) is 0 Å². The van der Waals surface area contributed by atoms with Gasteiger partial charge in [-0.05, 0) is 53.0 Å². The van der Waals surface area contributed by atoms with E-state index in [0.717, 1.165) is 24.9 Å². The molecule has 1 aromatic carbocycles. The molecule has 0 saturated carbocycles. The standard InChI is InChI=1S/C14H16BrFN2S/c1-2-5-18-13(14-8-17-9-19-14)7-10-3-4-12(16)11(15)6-10/h3-4,6,8-9,13,18H,2,5,7H2,1H3. The topological polar surface area (TPSA) is 24.9 Å². The summed E-state index contributed by atoms with van der Waals surface area (Å²) in [6, 6.07) is 5.42. The summed E-state index contributed by atoms with van der Waals surface area (Å²) in [6.45, 7) is 3.11. The Morgan fingerprint density at radius 1 is 1.47 bits per heavy atom. The molecule has 5 heteroatoms. The minimum atomic E-state index is -0.223. The number of nitrogens with one attached hydrogen (secondary N) is 1. The first-order valence-electron chi connectivity index (χ1n) is 6.26. The average Bonchev–Trinajstić information content (AvgIpc) is 2.92. The largest absolute Gasteiger partial charge is 0.309 e. The third kappa shape index (κ3) is 4.09. The maximum Gasteiger partial charge on any atom is 0.137 e. The van der Waals surface area contributed by atoms with E-state index in [1.165, 1.54) is 10.9 Å². The molecule has 2 nitrogen and oxygen atoms in total. The second-order valence-corrected chi connectivity index (χ2v) is 6.14. The highest BCUT2D eigenvalue weighted by atomic mass is 79.9. The fourth-order valence-electron chi connectivity index (χ4n) is 1.89. The van der Waals surface area contributed by atoms with Gasteiger partial charge in [0.25, 0.3) is 0 Å². The molecule has 2 aromatic rings. The van der Waals surface area contributed by atoms with Gasteiger partial charge in [-0.3, -0.25) is 4.98 Å². The molecule has 0 saturated heterocycles. The lowest BCUT2D eigenvalue weighted by Crippen LogP contribution is -2.23. The fraction of sp³-hybridized carbons (Fsp3) is 0.357. The molecule has 0 fully saturated rings. The maximum absolute atomic E-state index is 13.2. The summed E-state index contributed by atoms with van der Waals surface area (Å²) in [6.07, 6.45) is 3.82. The Labute approximate surface area is 125 Å². The highest BCUT2D eigenvalue weighted by Crippen LogP contribution is 2.24. The lowest BCUT2D eigenvalue weighted by molar-refractivity contribution is 0.535. The summed E-state index contributed by atoms with van der Waals surface area (Å²) >= 11 is 4.88. The van der Waals surface area contributed by atoms with Crippen molar-refractivity contribution in [3.63, 3.8) is 0 Å². The molecule has 0 aliphatic carbocycles. The van der Waals surface area contributed by atoms with Crippen LogP contribution in [0.15, 0.2) is 34.4 Å². The van der Waals surface area contributed by atoms with Gasteiger partial charge in [0.1, 0.15) is 5.82 Å².